The summed E-state index contributed by atoms with van der Waals surface area (Å²) in [5.41, 5.74) is -0.465. The van der Waals surface area contributed by atoms with E-state index in [1.165, 1.54) is 6.42 Å². The normalized spacial score (nSPS) is 21.7. The van der Waals surface area contributed by atoms with Crippen LogP contribution in [0.3, 0.4) is 0 Å². The van der Waals surface area contributed by atoms with Gasteiger partial charge in [0.15, 0.2) is 0 Å². The molecule has 78 valence electrons. The number of aliphatic hydroxyl groups excluding tert-OH is 1. The molecule has 3 heteroatoms. The Kier molecular flexibility index (Phi) is 4.70. The fourth-order valence-corrected chi connectivity index (χ4v) is 1.91. The average molecular weight is 187 g/mol. The zero-order chi connectivity index (χ0) is 9.57. The van der Waals surface area contributed by atoms with Gasteiger partial charge in [-0.25, -0.2) is 0 Å². The molecule has 0 atom stereocenters. The molecule has 0 aromatic heterocycles. The topological polar surface area (TPSA) is 52.5 Å². The first-order chi connectivity index (χ1) is 6.27. The molecule has 1 aliphatic rings. The number of hydrogen-bond acceptors (Lipinski definition) is 3. The molecule has 13 heavy (non-hydrogen) atoms. The predicted molar refractivity (Wildman–Crippen MR) is 52.6 cm³/mol. The fourth-order valence-electron chi connectivity index (χ4n) is 1.91. The van der Waals surface area contributed by atoms with Crippen LogP contribution >= 0.6 is 0 Å². The van der Waals surface area contributed by atoms with E-state index in [9.17, 15) is 5.11 Å². The minimum atomic E-state index is -0.465. The first-order valence-corrected chi connectivity index (χ1v) is 5.31. The zero-order valence-electron chi connectivity index (χ0n) is 8.26. The molecule has 0 unspecified atom stereocenters. The van der Waals surface area contributed by atoms with Gasteiger partial charge in [-0.1, -0.05) is 19.3 Å². The van der Waals surface area contributed by atoms with Crippen LogP contribution < -0.4 is 5.32 Å². The number of aliphatic hydroxyl groups is 2. The maximum Gasteiger partial charge on any atom is 0.0771 e. The summed E-state index contributed by atoms with van der Waals surface area (Å²) in [7, 11) is 0. The van der Waals surface area contributed by atoms with Crippen molar-refractivity contribution in [3.05, 3.63) is 0 Å². The summed E-state index contributed by atoms with van der Waals surface area (Å²) in [6.45, 7) is 1.72. The maximum atomic E-state index is 10.0. The Morgan fingerprint density at radius 1 is 1.15 bits per heavy atom. The van der Waals surface area contributed by atoms with E-state index in [2.05, 4.69) is 5.32 Å². The van der Waals surface area contributed by atoms with Crippen LogP contribution in [0.1, 0.15) is 38.5 Å². The van der Waals surface area contributed by atoms with Crippen LogP contribution in [-0.2, 0) is 0 Å². The third-order valence-electron chi connectivity index (χ3n) is 2.75. The quantitative estimate of drug-likeness (QED) is 0.554. The highest BCUT2D eigenvalue weighted by Gasteiger charge is 2.28. The molecule has 1 saturated carbocycles. The molecule has 0 aromatic carbocycles. The third-order valence-corrected chi connectivity index (χ3v) is 2.75. The van der Waals surface area contributed by atoms with Crippen molar-refractivity contribution in [2.45, 2.75) is 44.1 Å². The van der Waals surface area contributed by atoms with Crippen molar-refractivity contribution in [2.24, 2.45) is 0 Å². The average Bonchev–Trinajstić information content (AvgIpc) is 2.14. The molecule has 0 amide bonds. The molecule has 0 heterocycles. The lowest BCUT2D eigenvalue weighted by Crippen LogP contribution is -2.42. The molecule has 0 aliphatic heterocycles. The maximum absolute atomic E-state index is 10.0. The Morgan fingerprint density at radius 2 is 1.85 bits per heavy atom. The lowest BCUT2D eigenvalue weighted by molar-refractivity contribution is 0.00484. The van der Waals surface area contributed by atoms with Crippen molar-refractivity contribution in [3.63, 3.8) is 0 Å². The molecule has 1 rings (SSSR count). The van der Waals surface area contributed by atoms with Crippen LogP contribution in [0.15, 0.2) is 0 Å². The van der Waals surface area contributed by atoms with Gasteiger partial charge in [0.1, 0.15) is 0 Å². The highest BCUT2D eigenvalue weighted by Crippen LogP contribution is 2.27. The first-order valence-electron chi connectivity index (χ1n) is 5.31. The van der Waals surface area contributed by atoms with Crippen LogP contribution in [-0.4, -0.2) is 35.5 Å². The Labute approximate surface area is 80.2 Å². The van der Waals surface area contributed by atoms with Crippen LogP contribution in [0.5, 0.6) is 0 Å². The second-order valence-corrected chi connectivity index (χ2v) is 4.04. The monoisotopic (exact) mass is 187 g/mol. The van der Waals surface area contributed by atoms with E-state index in [4.69, 9.17) is 5.11 Å². The summed E-state index contributed by atoms with van der Waals surface area (Å²) in [5.74, 6) is 0. The van der Waals surface area contributed by atoms with E-state index in [1.54, 1.807) is 0 Å². The molecular formula is C10H21NO2. The second kappa shape index (κ2) is 5.58. The Balaban J connectivity index is 2.10. The summed E-state index contributed by atoms with van der Waals surface area (Å²) < 4.78 is 0. The minimum Gasteiger partial charge on any atom is -0.396 e. The van der Waals surface area contributed by atoms with E-state index in [-0.39, 0.29) is 6.61 Å². The van der Waals surface area contributed by atoms with Gasteiger partial charge in [-0.15, -0.1) is 0 Å². The van der Waals surface area contributed by atoms with Gasteiger partial charge in [-0.2, -0.15) is 0 Å². The van der Waals surface area contributed by atoms with Crippen molar-refractivity contribution in [3.8, 4) is 0 Å². The smallest absolute Gasteiger partial charge is 0.0771 e. The second-order valence-electron chi connectivity index (χ2n) is 4.04. The van der Waals surface area contributed by atoms with Gasteiger partial charge in [0.25, 0.3) is 0 Å². The number of hydrogen-bond donors (Lipinski definition) is 3. The van der Waals surface area contributed by atoms with Gasteiger partial charge < -0.3 is 15.5 Å². The highest BCUT2D eigenvalue weighted by molar-refractivity contribution is 4.84. The molecule has 3 nitrogen and oxygen atoms in total. The number of nitrogens with one attached hydrogen (secondary N) is 1. The van der Waals surface area contributed by atoms with Crippen LogP contribution in [0.4, 0.5) is 0 Å². The molecule has 0 spiro atoms. The van der Waals surface area contributed by atoms with Crippen molar-refractivity contribution >= 4 is 0 Å². The zero-order valence-corrected chi connectivity index (χ0v) is 8.26. The Morgan fingerprint density at radius 3 is 2.46 bits per heavy atom. The van der Waals surface area contributed by atoms with E-state index >= 15 is 0 Å². The lowest BCUT2D eigenvalue weighted by atomic mass is 9.85. The Bertz CT molecular complexity index is 133. The van der Waals surface area contributed by atoms with E-state index in [0.29, 0.717) is 6.54 Å². The van der Waals surface area contributed by atoms with Crippen molar-refractivity contribution < 1.29 is 10.2 Å². The standard InChI is InChI=1S/C10H21NO2/c12-8-4-7-11-9-10(13)5-2-1-3-6-10/h11-13H,1-9H2. The largest absolute Gasteiger partial charge is 0.396 e. The van der Waals surface area contributed by atoms with Crippen molar-refractivity contribution in [1.29, 1.82) is 0 Å². The van der Waals surface area contributed by atoms with Gasteiger partial charge >= 0.3 is 0 Å². The molecule has 0 aromatic rings. The van der Waals surface area contributed by atoms with Gasteiger partial charge in [0.05, 0.1) is 5.60 Å². The molecule has 0 radical (unpaired) electrons. The highest BCUT2D eigenvalue weighted by atomic mass is 16.3. The van der Waals surface area contributed by atoms with Gasteiger partial charge in [-0.3, -0.25) is 0 Å². The van der Waals surface area contributed by atoms with E-state index < -0.39 is 5.60 Å². The van der Waals surface area contributed by atoms with Crippen molar-refractivity contribution in [2.75, 3.05) is 19.7 Å². The molecule has 0 bridgehead atoms. The fraction of sp³-hybridized carbons (Fsp3) is 1.00. The van der Waals surface area contributed by atoms with Gasteiger partial charge in [0.2, 0.25) is 0 Å². The Hall–Kier alpha value is -0.120. The first kappa shape index (κ1) is 11.0. The number of rotatable bonds is 5. The summed E-state index contributed by atoms with van der Waals surface area (Å²) in [6, 6.07) is 0. The minimum absolute atomic E-state index is 0.228. The molecule has 1 aliphatic carbocycles. The summed E-state index contributed by atoms with van der Waals surface area (Å²) in [5, 5.41) is 21.8. The van der Waals surface area contributed by atoms with E-state index in [1.807, 2.05) is 0 Å². The molecule has 0 saturated heterocycles. The summed E-state index contributed by atoms with van der Waals surface area (Å²) in [6.07, 6.45) is 6.20. The molecule has 3 N–H and O–H groups in total. The van der Waals surface area contributed by atoms with Gasteiger partial charge in [0, 0.05) is 13.2 Å². The molecular weight excluding hydrogens is 166 g/mol. The van der Waals surface area contributed by atoms with E-state index in [0.717, 1.165) is 38.6 Å². The summed E-state index contributed by atoms with van der Waals surface area (Å²) in [4.78, 5) is 0. The molecule has 1 fully saturated rings. The van der Waals surface area contributed by atoms with Crippen LogP contribution in [0.2, 0.25) is 0 Å². The van der Waals surface area contributed by atoms with Crippen LogP contribution in [0, 0.1) is 0 Å². The van der Waals surface area contributed by atoms with Crippen molar-refractivity contribution in [1.82, 2.24) is 5.32 Å². The predicted octanol–water partition coefficient (Wildman–Crippen LogP) is 0.654. The van der Waals surface area contributed by atoms with Crippen LogP contribution in [0.25, 0.3) is 0 Å². The SMILES string of the molecule is OCCCNCC1(O)CCCCC1. The lowest BCUT2D eigenvalue weighted by Gasteiger charge is -2.32. The summed E-state index contributed by atoms with van der Waals surface area (Å²) >= 11 is 0. The van der Waals surface area contributed by atoms with Gasteiger partial charge in [-0.05, 0) is 25.8 Å². The third kappa shape index (κ3) is 4.07.